The monoisotopic (exact) mass is 327 g/mol. The third-order valence-corrected chi connectivity index (χ3v) is 4.12. The van der Waals surface area contributed by atoms with Crippen molar-refractivity contribution < 1.29 is 14.6 Å². The Kier molecular flexibility index (Phi) is 4.29. The van der Waals surface area contributed by atoms with Crippen LogP contribution >= 0.6 is 11.8 Å². The number of para-hydroxylation sites is 2. The molecule has 0 aliphatic carbocycles. The number of hydrogen-bond acceptors (Lipinski definition) is 3. The number of imidazole rings is 1. The summed E-state index contributed by atoms with van der Waals surface area (Å²) in [5.41, 5.74) is 8.20. The molecule has 0 bridgehead atoms. The lowest BCUT2D eigenvalue weighted by atomic mass is 10.2. The van der Waals surface area contributed by atoms with Gasteiger partial charge in [0, 0.05) is 11.3 Å². The van der Waals surface area contributed by atoms with Crippen LogP contribution in [0.15, 0.2) is 53.7 Å². The fourth-order valence-electron chi connectivity index (χ4n) is 2.10. The summed E-state index contributed by atoms with van der Waals surface area (Å²) >= 11 is 1.38. The average molecular weight is 327 g/mol. The van der Waals surface area contributed by atoms with Crippen LogP contribution in [0.5, 0.6) is 0 Å². The van der Waals surface area contributed by atoms with Crippen LogP contribution in [0.1, 0.15) is 10.4 Å². The molecule has 0 saturated heterocycles. The molecule has 0 unspecified atom stereocenters. The minimum atomic E-state index is -0.493. The Bertz CT molecular complexity index is 825. The second-order valence-electron chi connectivity index (χ2n) is 4.90. The number of fused-ring (bicyclic) bond motifs is 1. The van der Waals surface area contributed by atoms with Gasteiger partial charge in [-0.05, 0) is 48.2 Å². The van der Waals surface area contributed by atoms with E-state index in [4.69, 9.17) is 5.73 Å². The highest BCUT2D eigenvalue weighted by Gasteiger charge is 2.12. The van der Waals surface area contributed by atoms with Crippen molar-refractivity contribution in [1.29, 1.82) is 0 Å². The Balaban J connectivity index is 1.57. The number of primary amides is 1. The van der Waals surface area contributed by atoms with Gasteiger partial charge in [-0.2, -0.15) is 0 Å². The first-order valence-electron chi connectivity index (χ1n) is 6.94. The highest BCUT2D eigenvalue weighted by molar-refractivity contribution is 7.99. The predicted molar refractivity (Wildman–Crippen MR) is 89.2 cm³/mol. The number of H-pyrrole nitrogens is 2. The first-order chi connectivity index (χ1) is 11.1. The van der Waals surface area contributed by atoms with Crippen LogP contribution in [-0.4, -0.2) is 22.6 Å². The first kappa shape index (κ1) is 15.1. The number of nitrogens with two attached hydrogens (primary N) is 1. The van der Waals surface area contributed by atoms with Crippen LogP contribution in [0.3, 0.4) is 0 Å². The number of hydrogen-bond donors (Lipinski definition) is 3. The number of anilines is 1. The van der Waals surface area contributed by atoms with E-state index in [1.165, 1.54) is 11.8 Å². The van der Waals surface area contributed by atoms with Gasteiger partial charge >= 0.3 is 5.16 Å². The number of aromatic nitrogens is 2. The molecule has 2 amide bonds. The lowest BCUT2D eigenvalue weighted by molar-refractivity contribution is -0.396. The van der Waals surface area contributed by atoms with E-state index < -0.39 is 5.91 Å². The van der Waals surface area contributed by atoms with Crippen molar-refractivity contribution in [3.8, 4) is 0 Å². The lowest BCUT2D eigenvalue weighted by Crippen LogP contribution is -2.16. The number of rotatable bonds is 5. The third kappa shape index (κ3) is 3.70. The van der Waals surface area contributed by atoms with Gasteiger partial charge in [0.25, 0.3) is 0 Å². The van der Waals surface area contributed by atoms with Crippen molar-refractivity contribution in [3.05, 3.63) is 54.1 Å². The maximum atomic E-state index is 12.0. The molecule has 7 heteroatoms. The van der Waals surface area contributed by atoms with Gasteiger partial charge < -0.3 is 11.1 Å². The number of amides is 2. The van der Waals surface area contributed by atoms with Crippen LogP contribution in [0.25, 0.3) is 11.0 Å². The number of thioether (sulfide) groups is 1. The molecule has 0 aliphatic rings. The van der Waals surface area contributed by atoms with E-state index in [1.807, 2.05) is 24.3 Å². The number of aromatic amines is 2. The second kappa shape index (κ2) is 6.53. The Hall–Kier alpha value is -2.80. The minimum Gasteiger partial charge on any atom is -0.366 e. The topological polar surface area (TPSA) is 102 Å². The SMILES string of the molecule is NC(=O)c1ccc(NC(=O)CSc2[nH]c3ccccc3[nH+]2)cc1. The number of nitrogens with one attached hydrogen (secondary N) is 3. The molecule has 0 spiro atoms. The largest absolute Gasteiger partial charge is 0.366 e. The maximum absolute atomic E-state index is 12.0. The second-order valence-corrected chi connectivity index (χ2v) is 5.89. The Labute approximate surface area is 136 Å². The molecular weight excluding hydrogens is 312 g/mol. The normalized spacial score (nSPS) is 10.6. The smallest absolute Gasteiger partial charge is 0.315 e. The van der Waals surface area contributed by atoms with E-state index in [1.54, 1.807) is 24.3 Å². The van der Waals surface area contributed by atoms with Gasteiger partial charge in [-0.3, -0.25) is 9.59 Å². The molecule has 1 aromatic heterocycles. The molecule has 0 aliphatic heterocycles. The van der Waals surface area contributed by atoms with Crippen molar-refractivity contribution in [3.63, 3.8) is 0 Å². The van der Waals surface area contributed by atoms with Gasteiger partial charge in [0.1, 0.15) is 0 Å². The molecule has 3 aromatic rings. The van der Waals surface area contributed by atoms with E-state index in [0.29, 0.717) is 11.3 Å². The zero-order valence-corrected chi connectivity index (χ0v) is 12.9. The summed E-state index contributed by atoms with van der Waals surface area (Å²) in [6.45, 7) is 0. The molecule has 2 aromatic carbocycles. The van der Waals surface area contributed by atoms with E-state index in [0.717, 1.165) is 16.2 Å². The minimum absolute atomic E-state index is 0.131. The molecular formula is C16H15N4O2S+. The highest BCUT2D eigenvalue weighted by Crippen LogP contribution is 2.16. The van der Waals surface area contributed by atoms with Crippen LogP contribution in [0.2, 0.25) is 0 Å². The molecule has 0 atom stereocenters. The molecule has 3 rings (SSSR count). The van der Waals surface area contributed by atoms with Gasteiger partial charge in [-0.15, -0.1) is 0 Å². The fourth-order valence-corrected chi connectivity index (χ4v) is 2.81. The highest BCUT2D eigenvalue weighted by atomic mass is 32.2. The van der Waals surface area contributed by atoms with Gasteiger partial charge in [0.2, 0.25) is 11.8 Å². The van der Waals surface area contributed by atoms with Crippen molar-refractivity contribution in [2.24, 2.45) is 5.73 Å². The molecule has 5 N–H and O–H groups in total. The van der Waals surface area contributed by atoms with E-state index in [-0.39, 0.29) is 11.7 Å². The summed E-state index contributed by atoms with van der Waals surface area (Å²) in [6, 6.07) is 14.3. The van der Waals surface area contributed by atoms with Gasteiger partial charge in [-0.25, -0.2) is 9.97 Å². The quantitative estimate of drug-likeness (QED) is 0.623. The van der Waals surface area contributed by atoms with Crippen LogP contribution in [-0.2, 0) is 4.79 Å². The Morgan fingerprint density at radius 1 is 1.13 bits per heavy atom. The summed E-state index contributed by atoms with van der Waals surface area (Å²) < 4.78 is 0. The molecule has 0 radical (unpaired) electrons. The van der Waals surface area contributed by atoms with Crippen LogP contribution in [0, 0.1) is 0 Å². The summed E-state index contributed by atoms with van der Waals surface area (Å²) in [6.07, 6.45) is 0. The summed E-state index contributed by atoms with van der Waals surface area (Å²) in [4.78, 5) is 29.4. The predicted octanol–water partition coefficient (Wildman–Crippen LogP) is 1.81. The molecule has 0 fully saturated rings. The number of carbonyl (C=O) groups is 2. The van der Waals surface area contributed by atoms with Crippen molar-refractivity contribution in [2.75, 3.05) is 11.1 Å². The van der Waals surface area contributed by atoms with Gasteiger partial charge in [0.15, 0.2) is 11.0 Å². The van der Waals surface area contributed by atoms with Gasteiger partial charge in [-0.1, -0.05) is 12.1 Å². The van der Waals surface area contributed by atoms with E-state index in [2.05, 4.69) is 15.3 Å². The summed E-state index contributed by atoms with van der Waals surface area (Å²) in [7, 11) is 0. The number of benzene rings is 2. The fraction of sp³-hybridized carbons (Fsp3) is 0.0625. The van der Waals surface area contributed by atoms with Crippen molar-refractivity contribution in [1.82, 2.24) is 4.98 Å². The van der Waals surface area contributed by atoms with E-state index in [9.17, 15) is 9.59 Å². The first-order valence-corrected chi connectivity index (χ1v) is 7.93. The zero-order chi connectivity index (χ0) is 16.2. The standard InChI is InChI=1S/C16H14N4O2S/c17-15(22)10-5-7-11(8-6-10)18-14(21)9-23-16-19-12-3-1-2-4-13(12)20-16/h1-8H,9H2,(H2,17,22)(H,18,21)(H,19,20)/p+1. The molecule has 23 heavy (non-hydrogen) atoms. The Morgan fingerprint density at radius 3 is 2.57 bits per heavy atom. The molecule has 6 nitrogen and oxygen atoms in total. The lowest BCUT2D eigenvalue weighted by Gasteiger charge is -2.04. The summed E-state index contributed by atoms with van der Waals surface area (Å²) in [5, 5.41) is 3.60. The maximum Gasteiger partial charge on any atom is 0.315 e. The van der Waals surface area contributed by atoms with Crippen LogP contribution < -0.4 is 16.0 Å². The van der Waals surface area contributed by atoms with Crippen molar-refractivity contribution in [2.45, 2.75) is 5.16 Å². The average Bonchev–Trinajstić information content (AvgIpc) is 2.96. The zero-order valence-electron chi connectivity index (χ0n) is 12.1. The summed E-state index contributed by atoms with van der Waals surface area (Å²) in [5.74, 6) is -0.359. The molecule has 1 heterocycles. The van der Waals surface area contributed by atoms with E-state index >= 15 is 0 Å². The van der Waals surface area contributed by atoms with Crippen LogP contribution in [0.4, 0.5) is 5.69 Å². The third-order valence-electron chi connectivity index (χ3n) is 3.22. The molecule has 0 saturated carbocycles. The van der Waals surface area contributed by atoms with Crippen molar-refractivity contribution >= 4 is 40.3 Å². The van der Waals surface area contributed by atoms with Gasteiger partial charge in [0.05, 0.1) is 5.75 Å². The molecule has 116 valence electrons. The number of carbonyl (C=O) groups excluding carboxylic acids is 2. The Morgan fingerprint density at radius 2 is 1.87 bits per heavy atom.